The number of hydrogen-bond acceptors (Lipinski definition) is 6. The quantitative estimate of drug-likeness (QED) is 0.865. The SMILES string of the molecule is COc1ccc(Oc2cc(N(C)CCO)ncn2)cc1. The third kappa shape index (κ3) is 3.58. The van der Waals surface area contributed by atoms with Crippen molar-refractivity contribution in [2.45, 2.75) is 0 Å². The molecule has 1 aromatic heterocycles. The van der Waals surface area contributed by atoms with E-state index in [9.17, 15) is 0 Å². The van der Waals surface area contributed by atoms with E-state index < -0.39 is 0 Å². The molecule has 0 unspecified atom stereocenters. The Morgan fingerprint density at radius 1 is 1.15 bits per heavy atom. The van der Waals surface area contributed by atoms with Crippen LogP contribution in [0, 0.1) is 0 Å². The minimum Gasteiger partial charge on any atom is -0.497 e. The first-order chi connectivity index (χ1) is 9.72. The molecule has 0 bridgehead atoms. The van der Waals surface area contributed by atoms with Crippen LogP contribution in [0.25, 0.3) is 0 Å². The van der Waals surface area contributed by atoms with Crippen LogP contribution in [-0.2, 0) is 0 Å². The molecule has 2 aromatic rings. The van der Waals surface area contributed by atoms with E-state index in [4.69, 9.17) is 14.6 Å². The average Bonchev–Trinajstić information content (AvgIpc) is 2.48. The van der Waals surface area contributed by atoms with Crippen LogP contribution in [0.2, 0.25) is 0 Å². The second kappa shape index (κ2) is 6.72. The van der Waals surface area contributed by atoms with Crippen LogP contribution in [0.4, 0.5) is 5.82 Å². The van der Waals surface area contributed by atoms with Crippen molar-refractivity contribution in [3.05, 3.63) is 36.7 Å². The lowest BCUT2D eigenvalue weighted by atomic mass is 10.3. The van der Waals surface area contributed by atoms with Crippen molar-refractivity contribution in [1.29, 1.82) is 0 Å². The number of aromatic nitrogens is 2. The fourth-order valence-corrected chi connectivity index (χ4v) is 1.62. The van der Waals surface area contributed by atoms with Gasteiger partial charge in [-0.15, -0.1) is 0 Å². The first-order valence-electron chi connectivity index (χ1n) is 6.19. The van der Waals surface area contributed by atoms with Crippen molar-refractivity contribution in [2.75, 3.05) is 32.2 Å². The molecule has 0 saturated heterocycles. The van der Waals surface area contributed by atoms with Gasteiger partial charge in [-0.25, -0.2) is 9.97 Å². The minimum absolute atomic E-state index is 0.0647. The average molecular weight is 275 g/mol. The zero-order chi connectivity index (χ0) is 14.4. The van der Waals surface area contributed by atoms with Crippen LogP contribution in [0.1, 0.15) is 0 Å². The van der Waals surface area contributed by atoms with Crippen molar-refractivity contribution in [3.8, 4) is 17.4 Å². The van der Waals surface area contributed by atoms with E-state index in [2.05, 4.69) is 9.97 Å². The number of benzene rings is 1. The van der Waals surface area contributed by atoms with E-state index in [0.29, 0.717) is 24.0 Å². The van der Waals surface area contributed by atoms with Gasteiger partial charge in [0, 0.05) is 19.7 Å². The van der Waals surface area contributed by atoms with E-state index in [1.165, 1.54) is 6.33 Å². The summed E-state index contributed by atoms with van der Waals surface area (Å²) in [5, 5.41) is 8.92. The maximum Gasteiger partial charge on any atom is 0.224 e. The van der Waals surface area contributed by atoms with Gasteiger partial charge in [-0.1, -0.05) is 0 Å². The summed E-state index contributed by atoms with van der Waals surface area (Å²) in [6.45, 7) is 0.564. The molecule has 0 aliphatic heterocycles. The molecule has 0 radical (unpaired) electrons. The van der Waals surface area contributed by atoms with Crippen LogP contribution in [-0.4, -0.2) is 42.4 Å². The number of methoxy groups -OCH3 is 1. The molecule has 2 rings (SSSR count). The highest BCUT2D eigenvalue weighted by Crippen LogP contribution is 2.23. The van der Waals surface area contributed by atoms with Crippen molar-refractivity contribution in [1.82, 2.24) is 9.97 Å². The second-order valence-corrected chi connectivity index (χ2v) is 4.14. The van der Waals surface area contributed by atoms with Crippen molar-refractivity contribution in [3.63, 3.8) is 0 Å². The molecule has 0 aliphatic carbocycles. The zero-order valence-corrected chi connectivity index (χ0v) is 11.5. The van der Waals surface area contributed by atoms with Crippen molar-refractivity contribution >= 4 is 5.82 Å². The molecule has 1 heterocycles. The Morgan fingerprint density at radius 2 is 1.85 bits per heavy atom. The smallest absolute Gasteiger partial charge is 0.224 e. The van der Waals surface area contributed by atoms with Crippen LogP contribution in [0.15, 0.2) is 36.7 Å². The molecule has 0 atom stereocenters. The highest BCUT2D eigenvalue weighted by Gasteiger charge is 2.05. The van der Waals surface area contributed by atoms with Crippen LogP contribution >= 0.6 is 0 Å². The lowest BCUT2D eigenvalue weighted by Gasteiger charge is -2.16. The van der Waals surface area contributed by atoms with Gasteiger partial charge < -0.3 is 19.5 Å². The number of rotatable bonds is 6. The molecular formula is C14H17N3O3. The molecule has 1 N–H and O–H groups in total. The van der Waals surface area contributed by atoms with Gasteiger partial charge >= 0.3 is 0 Å². The van der Waals surface area contributed by atoms with Crippen molar-refractivity contribution < 1.29 is 14.6 Å². The molecule has 0 saturated carbocycles. The standard InChI is InChI=1S/C14H17N3O3/c1-17(7-8-18)13-9-14(16-10-15-13)20-12-5-3-11(19-2)4-6-12/h3-6,9-10,18H,7-8H2,1-2H3. The molecular weight excluding hydrogens is 258 g/mol. The number of hydrogen-bond donors (Lipinski definition) is 1. The Balaban J connectivity index is 2.10. The predicted octanol–water partition coefficient (Wildman–Crippen LogP) is 1.71. The minimum atomic E-state index is 0.0647. The topological polar surface area (TPSA) is 67.7 Å². The first kappa shape index (κ1) is 14.1. The van der Waals surface area contributed by atoms with Gasteiger partial charge in [0.1, 0.15) is 23.6 Å². The lowest BCUT2D eigenvalue weighted by Crippen LogP contribution is -2.22. The molecule has 1 aromatic carbocycles. The zero-order valence-electron chi connectivity index (χ0n) is 11.5. The Hall–Kier alpha value is -2.34. The van der Waals surface area contributed by atoms with E-state index in [0.717, 1.165) is 5.75 Å². The number of nitrogens with zero attached hydrogens (tertiary/aromatic N) is 3. The summed E-state index contributed by atoms with van der Waals surface area (Å²) in [5.41, 5.74) is 0. The molecule has 0 aliphatic rings. The number of likely N-dealkylation sites (N-methyl/N-ethyl adjacent to an activating group) is 1. The van der Waals surface area contributed by atoms with Gasteiger partial charge in [0.25, 0.3) is 0 Å². The normalized spacial score (nSPS) is 10.2. The molecule has 0 amide bonds. The predicted molar refractivity (Wildman–Crippen MR) is 75.5 cm³/mol. The molecule has 0 spiro atoms. The summed E-state index contributed by atoms with van der Waals surface area (Å²) in [6, 6.07) is 8.96. The molecule has 6 nitrogen and oxygen atoms in total. The Bertz CT molecular complexity index is 546. The third-order valence-corrected chi connectivity index (χ3v) is 2.74. The Kier molecular flexibility index (Phi) is 4.73. The third-order valence-electron chi connectivity index (χ3n) is 2.74. The fourth-order valence-electron chi connectivity index (χ4n) is 1.62. The Morgan fingerprint density at radius 3 is 2.50 bits per heavy atom. The van der Waals surface area contributed by atoms with E-state index >= 15 is 0 Å². The highest BCUT2D eigenvalue weighted by atomic mass is 16.5. The summed E-state index contributed by atoms with van der Waals surface area (Å²) in [5.74, 6) is 2.58. The van der Waals surface area contributed by atoms with Gasteiger partial charge in [-0.2, -0.15) is 0 Å². The Labute approximate surface area is 117 Å². The van der Waals surface area contributed by atoms with E-state index in [1.54, 1.807) is 25.3 Å². The lowest BCUT2D eigenvalue weighted by molar-refractivity contribution is 0.303. The van der Waals surface area contributed by atoms with Crippen LogP contribution in [0.5, 0.6) is 17.4 Å². The van der Waals surface area contributed by atoms with Gasteiger partial charge in [-0.05, 0) is 24.3 Å². The van der Waals surface area contributed by atoms with Gasteiger partial charge in [-0.3, -0.25) is 0 Å². The van der Waals surface area contributed by atoms with E-state index in [1.807, 2.05) is 24.1 Å². The van der Waals surface area contributed by atoms with Crippen LogP contribution < -0.4 is 14.4 Å². The summed E-state index contributed by atoms with van der Waals surface area (Å²) in [6.07, 6.45) is 1.43. The largest absolute Gasteiger partial charge is 0.497 e. The van der Waals surface area contributed by atoms with Gasteiger partial charge in [0.2, 0.25) is 5.88 Å². The second-order valence-electron chi connectivity index (χ2n) is 4.14. The van der Waals surface area contributed by atoms with Gasteiger partial charge in [0.15, 0.2) is 0 Å². The number of ether oxygens (including phenoxy) is 2. The summed E-state index contributed by atoms with van der Waals surface area (Å²) < 4.78 is 10.7. The maximum atomic E-state index is 8.92. The number of aliphatic hydroxyl groups is 1. The fraction of sp³-hybridized carbons (Fsp3) is 0.286. The van der Waals surface area contributed by atoms with E-state index in [-0.39, 0.29) is 6.61 Å². The summed E-state index contributed by atoms with van der Waals surface area (Å²) >= 11 is 0. The molecule has 0 fully saturated rings. The highest BCUT2D eigenvalue weighted by molar-refractivity contribution is 5.41. The number of aliphatic hydroxyl groups excluding tert-OH is 1. The maximum absolute atomic E-state index is 8.92. The van der Waals surface area contributed by atoms with Gasteiger partial charge in [0.05, 0.1) is 13.7 Å². The molecule has 6 heteroatoms. The first-order valence-corrected chi connectivity index (χ1v) is 6.19. The molecule has 106 valence electrons. The number of anilines is 1. The monoisotopic (exact) mass is 275 g/mol. The summed E-state index contributed by atoms with van der Waals surface area (Å²) in [4.78, 5) is 10.0. The summed E-state index contributed by atoms with van der Waals surface area (Å²) in [7, 11) is 3.46. The van der Waals surface area contributed by atoms with Crippen LogP contribution in [0.3, 0.4) is 0 Å². The van der Waals surface area contributed by atoms with Crippen molar-refractivity contribution in [2.24, 2.45) is 0 Å². The molecule has 20 heavy (non-hydrogen) atoms.